The molecule has 3 rings (SSSR count). The van der Waals surface area contributed by atoms with Crippen molar-refractivity contribution in [2.24, 2.45) is 0 Å². The predicted octanol–water partition coefficient (Wildman–Crippen LogP) is 3.10. The molecule has 27 heavy (non-hydrogen) atoms. The number of para-hydroxylation sites is 1. The fourth-order valence-corrected chi connectivity index (χ4v) is 3.96. The number of methoxy groups -OCH3 is 1. The van der Waals surface area contributed by atoms with Gasteiger partial charge in [-0.05, 0) is 43.0 Å². The van der Waals surface area contributed by atoms with Crippen molar-refractivity contribution in [3.05, 3.63) is 58.5 Å². The molecule has 2 aromatic rings. The Kier molecular flexibility index (Phi) is 5.24. The second kappa shape index (κ2) is 7.45. The lowest BCUT2D eigenvalue weighted by Gasteiger charge is -2.13. The average Bonchev–Trinajstić information content (AvgIpc) is 2.93. The molecule has 0 aliphatic carbocycles. The maximum Gasteiger partial charge on any atom is 0.339 e. The zero-order valence-electron chi connectivity index (χ0n) is 14.4. The third-order valence-electron chi connectivity index (χ3n) is 3.66. The maximum atomic E-state index is 12.6. The van der Waals surface area contributed by atoms with E-state index in [1.54, 1.807) is 24.3 Å². The van der Waals surface area contributed by atoms with Gasteiger partial charge in [-0.2, -0.15) is 8.42 Å². The standard InChI is InChI=1S/C18H15NO6S2/c1-11-6-8-13(9-7-11)27(22,23)25-16-12(4-3-5-14(16)24-2)10-15-17(20)19-18(21)26-15/h3-10H,1-2H3,(H,19,20,21)/b15-10-. The van der Waals surface area contributed by atoms with Gasteiger partial charge in [-0.3, -0.25) is 14.9 Å². The number of aryl methyl sites for hydroxylation is 1. The van der Waals surface area contributed by atoms with Crippen LogP contribution in [0.4, 0.5) is 4.79 Å². The van der Waals surface area contributed by atoms with Crippen LogP contribution in [-0.2, 0) is 14.9 Å². The number of amides is 2. The lowest BCUT2D eigenvalue weighted by molar-refractivity contribution is -0.115. The average molecular weight is 405 g/mol. The number of hydrogen-bond donors (Lipinski definition) is 1. The molecule has 0 spiro atoms. The van der Waals surface area contributed by atoms with Crippen LogP contribution in [0.2, 0.25) is 0 Å². The van der Waals surface area contributed by atoms with Crippen LogP contribution in [-0.4, -0.2) is 26.7 Å². The van der Waals surface area contributed by atoms with E-state index in [0.29, 0.717) is 0 Å². The van der Waals surface area contributed by atoms with Crippen molar-refractivity contribution in [3.63, 3.8) is 0 Å². The number of nitrogens with one attached hydrogen (secondary N) is 1. The summed E-state index contributed by atoms with van der Waals surface area (Å²) in [5.74, 6) is -0.448. The molecule has 0 unspecified atom stereocenters. The molecule has 0 aromatic heterocycles. The van der Waals surface area contributed by atoms with Crippen molar-refractivity contribution in [3.8, 4) is 11.5 Å². The topological polar surface area (TPSA) is 98.8 Å². The highest BCUT2D eigenvalue weighted by Gasteiger charge is 2.27. The summed E-state index contributed by atoms with van der Waals surface area (Å²) in [4.78, 5) is 23.2. The third-order valence-corrected chi connectivity index (χ3v) is 5.71. The van der Waals surface area contributed by atoms with Crippen LogP contribution in [0.1, 0.15) is 11.1 Å². The fraction of sp³-hybridized carbons (Fsp3) is 0.111. The molecule has 1 fully saturated rings. The van der Waals surface area contributed by atoms with Gasteiger partial charge in [0, 0.05) is 5.56 Å². The van der Waals surface area contributed by atoms with E-state index in [1.165, 1.54) is 31.4 Å². The Bertz CT molecular complexity index is 1040. The van der Waals surface area contributed by atoms with Gasteiger partial charge in [0.2, 0.25) is 0 Å². The van der Waals surface area contributed by atoms with E-state index in [-0.39, 0.29) is 26.9 Å². The summed E-state index contributed by atoms with van der Waals surface area (Å²) < 4.78 is 35.8. The Balaban J connectivity index is 2.04. The largest absolute Gasteiger partial charge is 0.493 e. The van der Waals surface area contributed by atoms with Gasteiger partial charge in [0.1, 0.15) is 4.90 Å². The minimum Gasteiger partial charge on any atom is -0.493 e. The summed E-state index contributed by atoms with van der Waals surface area (Å²) in [5.41, 5.74) is 1.20. The summed E-state index contributed by atoms with van der Waals surface area (Å²) in [7, 11) is -2.75. The minimum atomic E-state index is -4.13. The van der Waals surface area contributed by atoms with E-state index in [1.807, 2.05) is 6.92 Å². The molecule has 140 valence electrons. The monoisotopic (exact) mass is 405 g/mol. The number of hydrogen-bond acceptors (Lipinski definition) is 7. The van der Waals surface area contributed by atoms with Gasteiger partial charge in [0.05, 0.1) is 12.0 Å². The van der Waals surface area contributed by atoms with Crippen LogP contribution in [0, 0.1) is 6.92 Å². The van der Waals surface area contributed by atoms with Crippen molar-refractivity contribution in [2.75, 3.05) is 7.11 Å². The normalized spacial score (nSPS) is 15.7. The predicted molar refractivity (Wildman–Crippen MR) is 101 cm³/mol. The van der Waals surface area contributed by atoms with Gasteiger partial charge < -0.3 is 8.92 Å². The number of imide groups is 1. The number of carbonyl (C=O) groups excluding carboxylic acids is 2. The van der Waals surface area contributed by atoms with Gasteiger partial charge in [-0.25, -0.2) is 0 Å². The zero-order chi connectivity index (χ0) is 19.6. The molecule has 0 saturated carbocycles. The molecule has 1 saturated heterocycles. The van der Waals surface area contributed by atoms with Crippen LogP contribution < -0.4 is 14.2 Å². The van der Waals surface area contributed by atoms with Crippen LogP contribution in [0.25, 0.3) is 6.08 Å². The molecule has 2 aromatic carbocycles. The van der Waals surface area contributed by atoms with Gasteiger partial charge in [-0.1, -0.05) is 29.8 Å². The van der Waals surface area contributed by atoms with Gasteiger partial charge in [0.15, 0.2) is 11.5 Å². The highest BCUT2D eigenvalue weighted by atomic mass is 32.2. The fourth-order valence-electron chi connectivity index (χ4n) is 2.32. The number of thioether (sulfide) groups is 1. The highest BCUT2D eigenvalue weighted by Crippen LogP contribution is 2.37. The SMILES string of the molecule is COc1cccc(/C=C2\SC(=O)NC2=O)c1OS(=O)(=O)c1ccc(C)cc1. The first-order valence-corrected chi connectivity index (χ1v) is 9.95. The van der Waals surface area contributed by atoms with Crippen molar-refractivity contribution in [1.82, 2.24) is 5.32 Å². The number of ether oxygens (including phenoxy) is 1. The van der Waals surface area contributed by atoms with E-state index in [4.69, 9.17) is 8.92 Å². The van der Waals surface area contributed by atoms with E-state index < -0.39 is 21.3 Å². The second-order valence-corrected chi connectivity index (χ2v) is 8.14. The van der Waals surface area contributed by atoms with Crippen LogP contribution in [0.15, 0.2) is 52.3 Å². The van der Waals surface area contributed by atoms with E-state index in [2.05, 4.69) is 5.32 Å². The maximum absolute atomic E-state index is 12.6. The van der Waals surface area contributed by atoms with Gasteiger partial charge in [0.25, 0.3) is 11.1 Å². The quantitative estimate of drug-likeness (QED) is 0.603. The molecule has 0 bridgehead atoms. The first-order valence-electron chi connectivity index (χ1n) is 7.73. The summed E-state index contributed by atoms with van der Waals surface area (Å²) in [5, 5.41) is 1.64. The smallest absolute Gasteiger partial charge is 0.339 e. The first kappa shape index (κ1) is 19.0. The molecular formula is C18H15NO6S2. The Hall–Kier alpha value is -2.78. The van der Waals surface area contributed by atoms with Crippen molar-refractivity contribution in [2.45, 2.75) is 11.8 Å². The second-order valence-electron chi connectivity index (χ2n) is 5.58. The Morgan fingerprint density at radius 3 is 2.37 bits per heavy atom. The molecule has 7 nitrogen and oxygen atoms in total. The van der Waals surface area contributed by atoms with E-state index >= 15 is 0 Å². The Morgan fingerprint density at radius 1 is 1.07 bits per heavy atom. The molecule has 2 amide bonds. The lowest BCUT2D eigenvalue weighted by atomic mass is 10.1. The highest BCUT2D eigenvalue weighted by molar-refractivity contribution is 8.18. The molecule has 1 aliphatic rings. The first-order chi connectivity index (χ1) is 12.8. The molecule has 1 aliphatic heterocycles. The van der Waals surface area contributed by atoms with Crippen LogP contribution >= 0.6 is 11.8 Å². The molecule has 1 heterocycles. The molecule has 1 N–H and O–H groups in total. The number of benzene rings is 2. The lowest BCUT2D eigenvalue weighted by Crippen LogP contribution is -2.17. The number of rotatable bonds is 5. The van der Waals surface area contributed by atoms with Gasteiger partial charge >= 0.3 is 10.1 Å². The number of carbonyl (C=O) groups is 2. The van der Waals surface area contributed by atoms with Crippen molar-refractivity contribution >= 4 is 39.1 Å². The van der Waals surface area contributed by atoms with E-state index in [9.17, 15) is 18.0 Å². The molecule has 9 heteroatoms. The zero-order valence-corrected chi connectivity index (χ0v) is 16.0. The summed E-state index contributed by atoms with van der Waals surface area (Å²) in [6.07, 6.45) is 1.38. The summed E-state index contributed by atoms with van der Waals surface area (Å²) in [6.45, 7) is 1.84. The third kappa shape index (κ3) is 4.15. The Labute approximate surface area is 160 Å². The van der Waals surface area contributed by atoms with Gasteiger partial charge in [-0.15, -0.1) is 0 Å². The molecule has 0 radical (unpaired) electrons. The van der Waals surface area contributed by atoms with E-state index in [0.717, 1.165) is 17.3 Å². The minimum absolute atomic E-state index is 0.0132. The Morgan fingerprint density at radius 2 is 1.78 bits per heavy atom. The van der Waals surface area contributed by atoms with Crippen LogP contribution in [0.5, 0.6) is 11.5 Å². The van der Waals surface area contributed by atoms with Crippen molar-refractivity contribution < 1.29 is 26.9 Å². The molecule has 0 atom stereocenters. The van der Waals surface area contributed by atoms with Crippen molar-refractivity contribution in [1.29, 1.82) is 0 Å². The summed E-state index contributed by atoms with van der Waals surface area (Å²) in [6, 6.07) is 10.9. The molecular weight excluding hydrogens is 390 g/mol. The summed E-state index contributed by atoms with van der Waals surface area (Å²) >= 11 is 0.722. The van der Waals surface area contributed by atoms with Crippen LogP contribution in [0.3, 0.4) is 0 Å².